The monoisotopic (exact) mass is 321 g/mol. The van der Waals surface area contributed by atoms with Crippen LogP contribution in [-0.2, 0) is 4.79 Å². The van der Waals surface area contributed by atoms with Gasteiger partial charge in [-0.2, -0.15) is 5.21 Å². The minimum atomic E-state index is 0.178. The zero-order valence-electron chi connectivity index (χ0n) is 10.1. The van der Waals surface area contributed by atoms with E-state index in [1.807, 2.05) is 29.2 Å². The molecule has 1 amide bonds. The summed E-state index contributed by atoms with van der Waals surface area (Å²) in [4.78, 5) is 13.7. The zero-order valence-corrected chi connectivity index (χ0v) is 11.7. The quantitative estimate of drug-likeness (QED) is 0.871. The van der Waals surface area contributed by atoms with Crippen LogP contribution in [-0.4, -0.2) is 38.4 Å². The fourth-order valence-corrected chi connectivity index (χ4v) is 2.64. The van der Waals surface area contributed by atoms with Gasteiger partial charge in [-0.15, -0.1) is 10.2 Å². The van der Waals surface area contributed by atoms with Gasteiger partial charge in [0.1, 0.15) is 0 Å². The Morgan fingerprint density at radius 1 is 1.37 bits per heavy atom. The van der Waals surface area contributed by atoms with Gasteiger partial charge in [-0.25, -0.2) is 0 Å². The van der Waals surface area contributed by atoms with E-state index in [-0.39, 0.29) is 5.91 Å². The molecular weight excluding hydrogens is 310 g/mol. The highest BCUT2D eigenvalue weighted by Crippen LogP contribution is 2.27. The van der Waals surface area contributed by atoms with Gasteiger partial charge in [-0.1, -0.05) is 15.9 Å². The molecule has 0 saturated carbocycles. The van der Waals surface area contributed by atoms with Crippen molar-refractivity contribution in [3.05, 3.63) is 24.3 Å². The summed E-state index contributed by atoms with van der Waals surface area (Å²) < 4.78 is 0. The SMILES string of the molecule is O=C1CC(CBr)CN1c1ccc(-c2nn[nH]n2)cc1. The second-order valence-corrected chi connectivity index (χ2v) is 5.16. The second-order valence-electron chi connectivity index (χ2n) is 4.51. The molecule has 0 bridgehead atoms. The first kappa shape index (κ1) is 12.3. The summed E-state index contributed by atoms with van der Waals surface area (Å²) in [5.41, 5.74) is 1.79. The summed E-state index contributed by atoms with van der Waals surface area (Å²) >= 11 is 3.44. The maximum atomic E-state index is 11.9. The van der Waals surface area contributed by atoms with Crippen molar-refractivity contribution in [3.8, 4) is 11.4 Å². The van der Waals surface area contributed by atoms with E-state index in [4.69, 9.17) is 0 Å². The Labute approximate surface area is 118 Å². The van der Waals surface area contributed by atoms with Crippen LogP contribution in [0.1, 0.15) is 6.42 Å². The molecular formula is C12H12BrN5O. The molecule has 6 nitrogen and oxygen atoms in total. The van der Waals surface area contributed by atoms with E-state index in [0.717, 1.165) is 23.1 Å². The predicted octanol–water partition coefficient (Wildman–Crippen LogP) is 1.61. The molecule has 7 heteroatoms. The first-order valence-electron chi connectivity index (χ1n) is 5.98. The number of nitrogens with zero attached hydrogens (tertiary/aromatic N) is 4. The summed E-state index contributed by atoms with van der Waals surface area (Å²) in [7, 11) is 0. The van der Waals surface area contributed by atoms with Gasteiger partial charge in [0.05, 0.1) is 0 Å². The molecule has 1 unspecified atom stereocenters. The van der Waals surface area contributed by atoms with Crippen molar-refractivity contribution < 1.29 is 4.79 Å². The normalized spacial score (nSPS) is 19.1. The number of rotatable bonds is 3. The highest BCUT2D eigenvalue weighted by atomic mass is 79.9. The number of halogens is 1. The smallest absolute Gasteiger partial charge is 0.227 e. The Bertz CT molecular complexity index is 568. The number of carbonyl (C=O) groups excluding carboxylic acids is 1. The highest BCUT2D eigenvalue weighted by Gasteiger charge is 2.29. The molecule has 0 spiro atoms. The number of nitrogens with one attached hydrogen (secondary N) is 1. The molecule has 0 aliphatic carbocycles. The zero-order chi connectivity index (χ0) is 13.2. The molecule has 2 heterocycles. The van der Waals surface area contributed by atoms with E-state index in [2.05, 4.69) is 36.6 Å². The molecule has 1 aliphatic rings. The van der Waals surface area contributed by atoms with E-state index >= 15 is 0 Å². The lowest BCUT2D eigenvalue weighted by Gasteiger charge is -2.16. The van der Waals surface area contributed by atoms with Crippen LogP contribution in [0, 0.1) is 5.92 Å². The highest BCUT2D eigenvalue weighted by molar-refractivity contribution is 9.09. The number of hydrogen-bond acceptors (Lipinski definition) is 4. The molecule has 3 rings (SSSR count). The van der Waals surface area contributed by atoms with Gasteiger partial charge in [0, 0.05) is 29.5 Å². The minimum Gasteiger partial charge on any atom is -0.312 e. The van der Waals surface area contributed by atoms with Crippen molar-refractivity contribution >= 4 is 27.5 Å². The van der Waals surface area contributed by atoms with Crippen molar-refractivity contribution in [2.75, 3.05) is 16.8 Å². The molecule has 0 radical (unpaired) electrons. The Kier molecular flexibility index (Phi) is 3.29. The third kappa shape index (κ3) is 2.37. The van der Waals surface area contributed by atoms with Crippen LogP contribution in [0.15, 0.2) is 24.3 Å². The number of aromatic amines is 1. The van der Waals surface area contributed by atoms with Crippen molar-refractivity contribution in [1.29, 1.82) is 0 Å². The van der Waals surface area contributed by atoms with Gasteiger partial charge in [0.2, 0.25) is 11.7 Å². The number of benzene rings is 1. The van der Waals surface area contributed by atoms with Crippen molar-refractivity contribution in [3.63, 3.8) is 0 Å². The van der Waals surface area contributed by atoms with E-state index < -0.39 is 0 Å². The molecule has 1 aromatic carbocycles. The number of tetrazole rings is 1. The molecule has 1 aromatic heterocycles. The number of H-pyrrole nitrogens is 1. The predicted molar refractivity (Wildman–Crippen MR) is 73.9 cm³/mol. The molecule has 19 heavy (non-hydrogen) atoms. The van der Waals surface area contributed by atoms with Crippen LogP contribution in [0.25, 0.3) is 11.4 Å². The molecule has 1 saturated heterocycles. The Morgan fingerprint density at radius 2 is 2.16 bits per heavy atom. The standard InChI is InChI=1S/C12H12BrN5O/c13-6-8-5-11(19)18(7-8)10-3-1-9(2-4-10)12-14-16-17-15-12/h1-4,8H,5-7H2,(H,14,15,16,17). The maximum absolute atomic E-state index is 11.9. The fourth-order valence-electron chi connectivity index (χ4n) is 2.21. The average molecular weight is 322 g/mol. The summed E-state index contributed by atoms with van der Waals surface area (Å²) in [6.45, 7) is 0.769. The lowest BCUT2D eigenvalue weighted by molar-refractivity contribution is -0.117. The van der Waals surface area contributed by atoms with E-state index in [1.54, 1.807) is 0 Å². The third-order valence-corrected chi connectivity index (χ3v) is 4.12. The largest absolute Gasteiger partial charge is 0.312 e. The van der Waals surface area contributed by atoms with Gasteiger partial charge in [-0.05, 0) is 35.4 Å². The number of aromatic nitrogens is 4. The molecule has 98 valence electrons. The molecule has 1 fully saturated rings. The topological polar surface area (TPSA) is 74.8 Å². The average Bonchev–Trinajstić information content (AvgIpc) is 3.08. The van der Waals surface area contributed by atoms with E-state index in [9.17, 15) is 4.79 Å². The molecule has 1 N–H and O–H groups in total. The first-order chi connectivity index (χ1) is 9.28. The molecule has 1 aliphatic heterocycles. The summed E-state index contributed by atoms with van der Waals surface area (Å²) in [5, 5.41) is 14.6. The van der Waals surface area contributed by atoms with Crippen LogP contribution < -0.4 is 4.90 Å². The van der Waals surface area contributed by atoms with Gasteiger partial charge in [-0.3, -0.25) is 4.79 Å². The van der Waals surface area contributed by atoms with Crippen molar-refractivity contribution in [2.24, 2.45) is 5.92 Å². The summed E-state index contributed by atoms with van der Waals surface area (Å²) in [5.74, 6) is 1.12. The summed E-state index contributed by atoms with van der Waals surface area (Å²) in [6, 6.07) is 7.63. The van der Waals surface area contributed by atoms with Crippen molar-refractivity contribution in [2.45, 2.75) is 6.42 Å². The number of carbonyl (C=O) groups is 1. The molecule has 1 atom stereocenters. The van der Waals surface area contributed by atoms with Crippen molar-refractivity contribution in [1.82, 2.24) is 20.6 Å². The van der Waals surface area contributed by atoms with Crippen LogP contribution in [0.3, 0.4) is 0 Å². The lowest BCUT2D eigenvalue weighted by atomic mass is 10.1. The summed E-state index contributed by atoms with van der Waals surface area (Å²) in [6.07, 6.45) is 0.609. The van der Waals surface area contributed by atoms with Gasteiger partial charge in [0.15, 0.2) is 0 Å². The molecule has 2 aromatic rings. The Balaban J connectivity index is 1.81. The van der Waals surface area contributed by atoms with Gasteiger partial charge >= 0.3 is 0 Å². The third-order valence-electron chi connectivity index (χ3n) is 3.21. The minimum absolute atomic E-state index is 0.178. The number of hydrogen-bond donors (Lipinski definition) is 1. The van der Waals surface area contributed by atoms with Crippen LogP contribution >= 0.6 is 15.9 Å². The number of anilines is 1. The van der Waals surface area contributed by atoms with Crippen LogP contribution in [0.4, 0.5) is 5.69 Å². The lowest BCUT2D eigenvalue weighted by Crippen LogP contribution is -2.24. The Hall–Kier alpha value is -1.76. The second kappa shape index (κ2) is 5.08. The fraction of sp³-hybridized carbons (Fsp3) is 0.333. The van der Waals surface area contributed by atoms with Gasteiger partial charge in [0.25, 0.3) is 0 Å². The number of amides is 1. The van der Waals surface area contributed by atoms with Crippen LogP contribution in [0.5, 0.6) is 0 Å². The van der Waals surface area contributed by atoms with Gasteiger partial charge < -0.3 is 4.90 Å². The van der Waals surface area contributed by atoms with E-state index in [0.29, 0.717) is 18.2 Å². The Morgan fingerprint density at radius 3 is 2.74 bits per heavy atom. The van der Waals surface area contributed by atoms with Crippen LogP contribution in [0.2, 0.25) is 0 Å². The number of alkyl halides is 1. The van der Waals surface area contributed by atoms with E-state index in [1.165, 1.54) is 0 Å². The first-order valence-corrected chi connectivity index (χ1v) is 7.10. The maximum Gasteiger partial charge on any atom is 0.227 e.